The first-order valence-electron chi connectivity index (χ1n) is 6.14. The summed E-state index contributed by atoms with van der Waals surface area (Å²) in [6, 6.07) is 1.96. The Kier molecular flexibility index (Phi) is 4.67. The van der Waals surface area contributed by atoms with E-state index in [1.54, 1.807) is 0 Å². The molecule has 5 nitrogen and oxygen atoms in total. The van der Waals surface area contributed by atoms with Gasteiger partial charge in [0.25, 0.3) is 9.05 Å². The number of nitrogens with one attached hydrogen (secondary N) is 1. The van der Waals surface area contributed by atoms with E-state index in [-0.39, 0.29) is 25.0 Å². The van der Waals surface area contributed by atoms with Crippen LogP contribution in [-0.4, -0.2) is 27.0 Å². The second-order valence-corrected chi connectivity index (χ2v) is 7.10. The SMILES string of the molecule is O=C(CCOc1ccc(S(=O)(=O)Cl)c(F)c1F)NC1CC1. The van der Waals surface area contributed by atoms with Gasteiger partial charge in [0.15, 0.2) is 11.6 Å². The van der Waals surface area contributed by atoms with Crippen molar-refractivity contribution in [3.63, 3.8) is 0 Å². The summed E-state index contributed by atoms with van der Waals surface area (Å²) in [6.07, 6.45) is 1.88. The third-order valence-electron chi connectivity index (χ3n) is 2.80. The van der Waals surface area contributed by atoms with Gasteiger partial charge in [-0.3, -0.25) is 4.79 Å². The van der Waals surface area contributed by atoms with Crippen molar-refractivity contribution in [3.05, 3.63) is 23.8 Å². The normalized spacial score (nSPS) is 14.8. The van der Waals surface area contributed by atoms with Crippen molar-refractivity contribution in [1.29, 1.82) is 0 Å². The van der Waals surface area contributed by atoms with Gasteiger partial charge >= 0.3 is 0 Å². The maximum atomic E-state index is 13.6. The van der Waals surface area contributed by atoms with Crippen molar-refractivity contribution in [2.45, 2.75) is 30.2 Å². The lowest BCUT2D eigenvalue weighted by atomic mass is 10.3. The molecule has 1 fully saturated rings. The predicted molar refractivity (Wildman–Crippen MR) is 70.7 cm³/mol. The highest BCUT2D eigenvalue weighted by Gasteiger charge is 2.24. The number of hydrogen-bond donors (Lipinski definition) is 1. The number of benzene rings is 1. The molecule has 0 aliphatic heterocycles. The van der Waals surface area contributed by atoms with Crippen LogP contribution in [0.5, 0.6) is 5.75 Å². The van der Waals surface area contributed by atoms with Gasteiger partial charge in [-0.05, 0) is 25.0 Å². The van der Waals surface area contributed by atoms with Crippen LogP contribution in [0.15, 0.2) is 17.0 Å². The van der Waals surface area contributed by atoms with Crippen LogP contribution >= 0.6 is 10.7 Å². The smallest absolute Gasteiger partial charge is 0.264 e. The minimum absolute atomic E-state index is 0.00683. The van der Waals surface area contributed by atoms with Crippen molar-refractivity contribution in [1.82, 2.24) is 5.32 Å². The van der Waals surface area contributed by atoms with Crippen LogP contribution in [0.25, 0.3) is 0 Å². The molecule has 0 aromatic heterocycles. The fourth-order valence-electron chi connectivity index (χ4n) is 1.60. The number of hydrogen-bond acceptors (Lipinski definition) is 4. The zero-order valence-corrected chi connectivity index (χ0v) is 12.3. The summed E-state index contributed by atoms with van der Waals surface area (Å²) in [5.41, 5.74) is 0. The Balaban J connectivity index is 1.97. The van der Waals surface area contributed by atoms with Crippen molar-refractivity contribution >= 4 is 25.6 Å². The number of carbonyl (C=O) groups is 1. The molecule has 1 N–H and O–H groups in total. The summed E-state index contributed by atoms with van der Waals surface area (Å²) in [5, 5.41) is 2.71. The first-order valence-corrected chi connectivity index (χ1v) is 8.45. The van der Waals surface area contributed by atoms with Crippen molar-refractivity contribution in [2.24, 2.45) is 0 Å². The molecule has 0 heterocycles. The molecule has 1 aliphatic rings. The van der Waals surface area contributed by atoms with E-state index in [1.807, 2.05) is 0 Å². The summed E-state index contributed by atoms with van der Waals surface area (Å²) < 4.78 is 54.1. The Morgan fingerprint density at radius 3 is 2.57 bits per heavy atom. The van der Waals surface area contributed by atoms with Gasteiger partial charge in [-0.2, -0.15) is 4.39 Å². The van der Waals surface area contributed by atoms with Gasteiger partial charge in [0.1, 0.15) is 4.90 Å². The van der Waals surface area contributed by atoms with Crippen LogP contribution in [0.1, 0.15) is 19.3 Å². The lowest BCUT2D eigenvalue weighted by Gasteiger charge is -2.09. The minimum Gasteiger partial charge on any atom is -0.490 e. The Hall–Kier alpha value is -1.41. The van der Waals surface area contributed by atoms with Crippen molar-refractivity contribution < 1.29 is 26.7 Å². The highest BCUT2D eigenvalue weighted by atomic mass is 35.7. The average Bonchev–Trinajstić information content (AvgIpc) is 3.17. The number of rotatable bonds is 6. The van der Waals surface area contributed by atoms with Gasteiger partial charge in [0, 0.05) is 16.7 Å². The van der Waals surface area contributed by atoms with Gasteiger partial charge < -0.3 is 10.1 Å². The standard InChI is InChI=1S/C12H12ClF2NO4S/c13-21(18,19)9-4-3-8(11(14)12(9)15)20-6-5-10(17)16-7-1-2-7/h3-4,7H,1-2,5-6H2,(H,16,17). The Morgan fingerprint density at radius 1 is 1.33 bits per heavy atom. The molecule has 1 amide bonds. The summed E-state index contributed by atoms with van der Waals surface area (Å²) in [6.45, 7) is -0.151. The van der Waals surface area contributed by atoms with Crippen LogP contribution in [0, 0.1) is 11.6 Å². The van der Waals surface area contributed by atoms with E-state index in [4.69, 9.17) is 15.4 Å². The number of amides is 1. The molecular formula is C12H12ClF2NO4S. The molecule has 1 aromatic carbocycles. The van der Waals surface area contributed by atoms with E-state index in [0.29, 0.717) is 0 Å². The van der Waals surface area contributed by atoms with E-state index >= 15 is 0 Å². The molecule has 21 heavy (non-hydrogen) atoms. The number of halogens is 3. The van der Waals surface area contributed by atoms with Gasteiger partial charge in [-0.25, -0.2) is 12.8 Å². The highest BCUT2D eigenvalue weighted by Crippen LogP contribution is 2.27. The molecule has 0 spiro atoms. The molecule has 2 rings (SSSR count). The fourth-order valence-corrected chi connectivity index (χ4v) is 2.49. The fraction of sp³-hybridized carbons (Fsp3) is 0.417. The molecular weight excluding hydrogens is 328 g/mol. The topological polar surface area (TPSA) is 72.5 Å². The second kappa shape index (κ2) is 6.15. The van der Waals surface area contributed by atoms with E-state index in [9.17, 15) is 22.0 Å². The largest absolute Gasteiger partial charge is 0.490 e. The summed E-state index contributed by atoms with van der Waals surface area (Å²) in [5.74, 6) is -3.78. The Morgan fingerprint density at radius 2 is 2.00 bits per heavy atom. The van der Waals surface area contributed by atoms with Crippen molar-refractivity contribution in [3.8, 4) is 5.75 Å². The monoisotopic (exact) mass is 339 g/mol. The molecule has 0 saturated heterocycles. The quantitative estimate of drug-likeness (QED) is 0.804. The minimum atomic E-state index is -4.38. The van der Waals surface area contributed by atoms with E-state index in [1.165, 1.54) is 0 Å². The van der Waals surface area contributed by atoms with Gasteiger partial charge in [-0.1, -0.05) is 0 Å². The first kappa shape index (κ1) is 16.0. The molecule has 1 saturated carbocycles. The molecule has 1 aromatic rings. The molecule has 0 unspecified atom stereocenters. The average molecular weight is 340 g/mol. The molecule has 1 aliphatic carbocycles. The Bertz CT molecular complexity index is 661. The molecule has 0 bridgehead atoms. The first-order chi connectivity index (χ1) is 9.79. The van der Waals surface area contributed by atoms with E-state index in [0.717, 1.165) is 25.0 Å². The maximum Gasteiger partial charge on any atom is 0.264 e. The maximum absolute atomic E-state index is 13.6. The predicted octanol–water partition coefficient (Wildman–Crippen LogP) is 1.94. The van der Waals surface area contributed by atoms with Crippen molar-refractivity contribution in [2.75, 3.05) is 6.61 Å². The zero-order chi connectivity index (χ0) is 15.6. The Labute approximate surface area is 124 Å². The van der Waals surface area contributed by atoms with Gasteiger partial charge in [-0.15, -0.1) is 0 Å². The lowest BCUT2D eigenvalue weighted by Crippen LogP contribution is -2.26. The van der Waals surface area contributed by atoms with Crippen LogP contribution in [-0.2, 0) is 13.8 Å². The van der Waals surface area contributed by atoms with Crippen LogP contribution < -0.4 is 10.1 Å². The second-order valence-electron chi connectivity index (χ2n) is 4.57. The molecule has 9 heteroatoms. The van der Waals surface area contributed by atoms with E-state index < -0.39 is 31.3 Å². The highest BCUT2D eigenvalue weighted by molar-refractivity contribution is 8.13. The summed E-state index contributed by atoms with van der Waals surface area (Å²) in [4.78, 5) is 10.4. The third-order valence-corrected chi connectivity index (χ3v) is 4.14. The zero-order valence-electron chi connectivity index (χ0n) is 10.7. The molecule has 116 valence electrons. The lowest BCUT2D eigenvalue weighted by molar-refractivity contribution is -0.121. The number of ether oxygens (including phenoxy) is 1. The van der Waals surface area contributed by atoms with Crippen LogP contribution in [0.2, 0.25) is 0 Å². The third kappa shape index (κ3) is 4.28. The molecule has 0 atom stereocenters. The summed E-state index contributed by atoms with van der Waals surface area (Å²) >= 11 is 0. The number of carbonyl (C=O) groups excluding carboxylic acids is 1. The molecule has 0 radical (unpaired) electrons. The van der Waals surface area contributed by atoms with Gasteiger partial charge in [0.2, 0.25) is 11.7 Å². The van der Waals surface area contributed by atoms with E-state index in [2.05, 4.69) is 5.32 Å². The summed E-state index contributed by atoms with van der Waals surface area (Å²) in [7, 11) is 0.585. The van der Waals surface area contributed by atoms with Crippen LogP contribution in [0.3, 0.4) is 0 Å². The van der Waals surface area contributed by atoms with Crippen LogP contribution in [0.4, 0.5) is 8.78 Å². The van der Waals surface area contributed by atoms with Gasteiger partial charge in [0.05, 0.1) is 13.0 Å².